The molecule has 3 atom stereocenters. The molecule has 6 nitrogen and oxygen atoms in total. The Morgan fingerprint density at radius 2 is 1.65 bits per heavy atom. The monoisotopic (exact) mass is 313 g/mol. The highest BCUT2D eigenvalue weighted by atomic mass is 16.2. The zero-order valence-electron chi connectivity index (χ0n) is 13.1. The maximum atomic E-state index is 12.5. The summed E-state index contributed by atoms with van der Waals surface area (Å²) in [7, 11) is 0. The normalized spacial score (nSPS) is 35.8. The Balaban J connectivity index is 1.56. The van der Waals surface area contributed by atoms with Gasteiger partial charge in [0.05, 0.1) is 26.2 Å². The highest BCUT2D eigenvalue weighted by molar-refractivity contribution is 6.35. The quantitative estimate of drug-likeness (QED) is 0.555. The molecular weight excluding hydrogens is 292 g/mol. The number of piperazine rings is 2. The molecule has 1 aromatic carbocycles. The fraction of sp³-hybridized carbons (Fsp3) is 0.529. The Bertz CT molecular complexity index is 678. The largest absolute Gasteiger partial charge is 0.316 e. The standard InChI is InChI=1S/C17H21N4O2/c22-16-17(23)20-9-11-21(12-13-4-2-1-3-5-13)10-8-18-6-7-19(16)14(18)15(20)21/h1-5,14-15H,6-12H2/q+1. The van der Waals surface area contributed by atoms with Crippen LogP contribution in [0.1, 0.15) is 5.56 Å². The van der Waals surface area contributed by atoms with Crippen LogP contribution in [0.25, 0.3) is 0 Å². The summed E-state index contributed by atoms with van der Waals surface area (Å²) in [5.74, 6) is -0.585. The van der Waals surface area contributed by atoms with E-state index in [1.165, 1.54) is 5.56 Å². The van der Waals surface area contributed by atoms with Crippen LogP contribution >= 0.6 is 0 Å². The Kier molecular flexibility index (Phi) is 2.67. The van der Waals surface area contributed by atoms with Gasteiger partial charge in [0.1, 0.15) is 6.54 Å². The number of amides is 2. The molecule has 3 unspecified atom stereocenters. The molecular formula is C17H21N4O2+. The summed E-state index contributed by atoms with van der Waals surface area (Å²) in [4.78, 5) is 31.0. The van der Waals surface area contributed by atoms with E-state index in [-0.39, 0.29) is 24.1 Å². The third-order valence-corrected chi connectivity index (χ3v) is 6.13. The molecule has 4 aliphatic rings. The average molecular weight is 313 g/mol. The van der Waals surface area contributed by atoms with E-state index in [0.717, 1.165) is 37.2 Å². The van der Waals surface area contributed by atoms with Crippen LogP contribution in [0.4, 0.5) is 0 Å². The molecule has 120 valence electrons. The van der Waals surface area contributed by atoms with Crippen molar-refractivity contribution in [3.05, 3.63) is 35.9 Å². The molecule has 2 amide bonds. The van der Waals surface area contributed by atoms with Crippen molar-refractivity contribution in [3.63, 3.8) is 0 Å². The van der Waals surface area contributed by atoms with Gasteiger partial charge in [-0.2, -0.15) is 0 Å². The smallest absolute Gasteiger partial charge is 0.310 e. The highest BCUT2D eigenvalue weighted by Gasteiger charge is 2.64. The van der Waals surface area contributed by atoms with E-state index >= 15 is 0 Å². The van der Waals surface area contributed by atoms with E-state index in [1.54, 1.807) is 0 Å². The lowest BCUT2D eigenvalue weighted by molar-refractivity contribution is -0.964. The molecule has 4 saturated heterocycles. The number of benzene rings is 1. The van der Waals surface area contributed by atoms with E-state index < -0.39 is 0 Å². The molecule has 0 aliphatic carbocycles. The number of rotatable bonds is 2. The minimum atomic E-state index is -0.296. The second-order valence-corrected chi connectivity index (χ2v) is 7.17. The average Bonchev–Trinajstić information content (AvgIpc) is 3.15. The summed E-state index contributed by atoms with van der Waals surface area (Å²) in [5, 5.41) is 0. The molecule has 0 bridgehead atoms. The van der Waals surface area contributed by atoms with Crippen LogP contribution in [-0.4, -0.2) is 82.6 Å². The Morgan fingerprint density at radius 1 is 0.913 bits per heavy atom. The number of carbonyl (C=O) groups excluding carboxylic acids is 2. The predicted molar refractivity (Wildman–Crippen MR) is 82.7 cm³/mol. The van der Waals surface area contributed by atoms with Crippen molar-refractivity contribution in [2.75, 3.05) is 39.3 Å². The van der Waals surface area contributed by atoms with Gasteiger partial charge in [0.15, 0.2) is 6.17 Å². The summed E-state index contributed by atoms with van der Waals surface area (Å²) < 4.78 is 0.917. The number of carbonyl (C=O) groups is 2. The fourth-order valence-corrected chi connectivity index (χ4v) is 5.06. The minimum Gasteiger partial charge on any atom is -0.310 e. The number of nitrogens with zero attached hydrogens (tertiary/aromatic N) is 4. The zero-order chi connectivity index (χ0) is 15.6. The number of quaternary nitrogens is 1. The SMILES string of the molecule is O=C1C(=O)N2CC[N+]3(Cc4ccccc4)CCN4CCN1C4C23. The number of hydrogen-bond donors (Lipinski definition) is 0. The minimum absolute atomic E-state index is 0.0835. The highest BCUT2D eigenvalue weighted by Crippen LogP contribution is 2.40. The predicted octanol–water partition coefficient (Wildman–Crippen LogP) is -0.331. The van der Waals surface area contributed by atoms with E-state index in [1.807, 2.05) is 15.9 Å². The van der Waals surface area contributed by atoms with Crippen LogP contribution in [0.3, 0.4) is 0 Å². The lowest BCUT2D eigenvalue weighted by Gasteiger charge is -2.53. The van der Waals surface area contributed by atoms with E-state index in [0.29, 0.717) is 13.1 Å². The van der Waals surface area contributed by atoms with Crippen LogP contribution in [0, 0.1) is 0 Å². The molecule has 23 heavy (non-hydrogen) atoms. The van der Waals surface area contributed by atoms with Gasteiger partial charge in [0, 0.05) is 18.7 Å². The first-order chi connectivity index (χ1) is 11.2. The first-order valence-corrected chi connectivity index (χ1v) is 8.45. The van der Waals surface area contributed by atoms with Gasteiger partial charge in [0.25, 0.3) is 0 Å². The van der Waals surface area contributed by atoms with Crippen molar-refractivity contribution < 1.29 is 14.1 Å². The molecule has 5 rings (SSSR count). The fourth-order valence-electron chi connectivity index (χ4n) is 5.06. The maximum absolute atomic E-state index is 12.5. The molecule has 4 heterocycles. The van der Waals surface area contributed by atoms with Gasteiger partial charge in [-0.25, -0.2) is 0 Å². The van der Waals surface area contributed by atoms with Crippen LogP contribution in [0.5, 0.6) is 0 Å². The van der Waals surface area contributed by atoms with Gasteiger partial charge >= 0.3 is 11.8 Å². The summed E-state index contributed by atoms with van der Waals surface area (Å²) in [6.07, 6.45) is 0.191. The van der Waals surface area contributed by atoms with Crippen LogP contribution < -0.4 is 0 Å². The Morgan fingerprint density at radius 3 is 2.48 bits per heavy atom. The first kappa shape index (κ1) is 13.5. The first-order valence-electron chi connectivity index (χ1n) is 8.45. The lowest BCUT2D eigenvalue weighted by Crippen LogP contribution is -2.75. The van der Waals surface area contributed by atoms with Gasteiger partial charge in [-0.3, -0.25) is 23.9 Å². The molecule has 0 aromatic heterocycles. The van der Waals surface area contributed by atoms with Gasteiger partial charge in [0.2, 0.25) is 6.17 Å². The zero-order valence-corrected chi connectivity index (χ0v) is 13.1. The molecule has 1 aromatic rings. The second kappa shape index (κ2) is 4.55. The van der Waals surface area contributed by atoms with Crippen molar-refractivity contribution in [2.45, 2.75) is 18.9 Å². The van der Waals surface area contributed by atoms with Crippen LogP contribution in [0.2, 0.25) is 0 Å². The van der Waals surface area contributed by atoms with Crippen LogP contribution in [-0.2, 0) is 16.1 Å². The van der Waals surface area contributed by atoms with E-state index in [4.69, 9.17) is 0 Å². The van der Waals surface area contributed by atoms with Gasteiger partial charge in [-0.05, 0) is 0 Å². The molecule has 4 fully saturated rings. The molecule has 0 N–H and O–H groups in total. The Hall–Kier alpha value is -1.92. The van der Waals surface area contributed by atoms with E-state index in [2.05, 4.69) is 29.2 Å². The molecule has 0 saturated carbocycles. The number of hydrogen-bond acceptors (Lipinski definition) is 3. The third-order valence-electron chi connectivity index (χ3n) is 6.13. The summed E-state index contributed by atoms with van der Waals surface area (Å²) in [6, 6.07) is 10.5. The third kappa shape index (κ3) is 1.70. The van der Waals surface area contributed by atoms with Crippen molar-refractivity contribution >= 4 is 11.8 Å². The lowest BCUT2D eigenvalue weighted by atomic mass is 10.1. The van der Waals surface area contributed by atoms with Gasteiger partial charge in [-0.1, -0.05) is 30.3 Å². The van der Waals surface area contributed by atoms with Gasteiger partial charge in [-0.15, -0.1) is 0 Å². The van der Waals surface area contributed by atoms with Crippen molar-refractivity contribution in [3.8, 4) is 0 Å². The molecule has 4 aliphatic heterocycles. The maximum Gasteiger partial charge on any atom is 0.316 e. The van der Waals surface area contributed by atoms with Crippen molar-refractivity contribution in [1.82, 2.24) is 14.7 Å². The molecule has 6 heteroatoms. The molecule has 0 radical (unpaired) electrons. The molecule has 0 spiro atoms. The summed E-state index contributed by atoms with van der Waals surface area (Å²) >= 11 is 0. The second-order valence-electron chi connectivity index (χ2n) is 7.17. The summed E-state index contributed by atoms with van der Waals surface area (Å²) in [5.41, 5.74) is 1.32. The van der Waals surface area contributed by atoms with Crippen molar-refractivity contribution in [2.24, 2.45) is 0 Å². The van der Waals surface area contributed by atoms with Crippen LogP contribution in [0.15, 0.2) is 30.3 Å². The summed E-state index contributed by atoms with van der Waals surface area (Å²) in [6.45, 7) is 6.28. The topological polar surface area (TPSA) is 43.9 Å². The van der Waals surface area contributed by atoms with Gasteiger partial charge < -0.3 is 4.90 Å². The van der Waals surface area contributed by atoms with E-state index in [9.17, 15) is 9.59 Å². The Labute approximate surface area is 135 Å². The van der Waals surface area contributed by atoms with Crippen molar-refractivity contribution in [1.29, 1.82) is 0 Å².